The van der Waals surface area contributed by atoms with E-state index in [0.717, 1.165) is 5.56 Å². The molecular weight excluding hydrogens is 813 g/mol. The number of carboxylic acid groups (broad SMARTS) is 1. The van der Waals surface area contributed by atoms with Crippen LogP contribution in [0, 0.1) is 23.7 Å². The number of methoxy groups -OCH3 is 2. The molecule has 1 aliphatic rings. The van der Waals surface area contributed by atoms with Crippen molar-refractivity contribution in [3.63, 3.8) is 0 Å². The molecule has 17 nitrogen and oxygen atoms in total. The predicted molar refractivity (Wildman–Crippen MR) is 239 cm³/mol. The van der Waals surface area contributed by atoms with E-state index in [-0.39, 0.29) is 61.3 Å². The lowest BCUT2D eigenvalue weighted by Gasteiger charge is -2.41. The van der Waals surface area contributed by atoms with Gasteiger partial charge in [0, 0.05) is 47.8 Å². The average molecular weight is 891 g/mol. The van der Waals surface area contributed by atoms with Crippen molar-refractivity contribution < 1.29 is 52.8 Å². The van der Waals surface area contributed by atoms with Gasteiger partial charge >= 0.3 is 5.97 Å². The molecule has 1 aromatic rings. The summed E-state index contributed by atoms with van der Waals surface area (Å²) in [6.45, 7) is 15.1. The Hall–Kier alpha value is -4.16. The lowest BCUT2D eigenvalue weighted by Crippen LogP contribution is -2.60. The van der Waals surface area contributed by atoms with Crippen LogP contribution in [0.2, 0.25) is 0 Å². The summed E-state index contributed by atoms with van der Waals surface area (Å²) >= 11 is 0. The summed E-state index contributed by atoms with van der Waals surface area (Å²) in [6.07, 6.45) is 0.557. The summed E-state index contributed by atoms with van der Waals surface area (Å²) in [5, 5.41) is 15.6. The number of nitrogens with two attached hydrogens (primary N) is 1. The molecule has 1 saturated heterocycles. The minimum Gasteiger partial charge on any atom is -0.480 e. The lowest BCUT2D eigenvalue weighted by molar-refractivity contribution is -0.149. The molecule has 1 fully saturated rings. The second-order valence-corrected chi connectivity index (χ2v) is 17.4. The number of nitrogens with one attached hydrogen (secondary N) is 2. The highest BCUT2D eigenvalue weighted by Gasteiger charge is 2.43. The van der Waals surface area contributed by atoms with Gasteiger partial charge in [0.25, 0.3) is 0 Å². The van der Waals surface area contributed by atoms with Gasteiger partial charge in [0.1, 0.15) is 18.1 Å². The Balaban J connectivity index is 2.23. The zero-order valence-electron chi connectivity index (χ0n) is 39.7. The third kappa shape index (κ3) is 16.4. The van der Waals surface area contributed by atoms with E-state index < -0.39 is 66.1 Å². The van der Waals surface area contributed by atoms with E-state index >= 15 is 0 Å². The summed E-state index contributed by atoms with van der Waals surface area (Å²) in [5.41, 5.74) is 6.20. The van der Waals surface area contributed by atoms with Crippen LogP contribution in [-0.2, 0) is 54.1 Å². The highest BCUT2D eigenvalue weighted by Crippen LogP contribution is 2.30. The monoisotopic (exact) mass is 891 g/mol. The molecule has 9 atom stereocenters. The van der Waals surface area contributed by atoms with Gasteiger partial charge in [-0.15, -0.1) is 0 Å². The molecule has 0 bridgehead atoms. The molecule has 1 heterocycles. The van der Waals surface area contributed by atoms with Crippen LogP contribution in [0.5, 0.6) is 0 Å². The van der Waals surface area contributed by atoms with Crippen molar-refractivity contribution in [2.45, 2.75) is 129 Å². The van der Waals surface area contributed by atoms with Gasteiger partial charge in [-0.3, -0.25) is 24.0 Å². The first-order chi connectivity index (χ1) is 29.9. The molecule has 0 spiro atoms. The van der Waals surface area contributed by atoms with Gasteiger partial charge in [0.05, 0.1) is 69.5 Å². The average Bonchev–Trinajstić information content (AvgIpc) is 3.74. The molecule has 5 N–H and O–H groups in total. The molecule has 1 aromatic carbocycles. The van der Waals surface area contributed by atoms with E-state index in [1.54, 1.807) is 43.0 Å². The zero-order chi connectivity index (χ0) is 47.4. The van der Waals surface area contributed by atoms with E-state index in [2.05, 4.69) is 10.6 Å². The van der Waals surface area contributed by atoms with Crippen LogP contribution in [0.4, 0.5) is 0 Å². The third-order valence-electron chi connectivity index (χ3n) is 12.2. The highest BCUT2D eigenvalue weighted by molar-refractivity contribution is 5.92. The molecule has 0 aliphatic carbocycles. The van der Waals surface area contributed by atoms with E-state index in [1.807, 2.05) is 59.7 Å². The Morgan fingerprint density at radius 3 is 2.03 bits per heavy atom. The number of carbonyl (C=O) groups is 6. The fourth-order valence-corrected chi connectivity index (χ4v) is 8.45. The molecule has 0 radical (unpaired) electrons. The van der Waals surface area contributed by atoms with Crippen LogP contribution in [0.25, 0.3) is 0 Å². The number of hydrogen-bond donors (Lipinski definition) is 4. The Morgan fingerprint density at radius 2 is 1.49 bits per heavy atom. The topological polar surface area (TPSA) is 219 Å². The van der Waals surface area contributed by atoms with Crippen LogP contribution in [0.3, 0.4) is 0 Å². The maximum atomic E-state index is 14.5. The van der Waals surface area contributed by atoms with Crippen molar-refractivity contribution in [1.29, 1.82) is 0 Å². The molecule has 1 unspecified atom stereocenters. The van der Waals surface area contributed by atoms with Crippen molar-refractivity contribution in [2.24, 2.45) is 29.4 Å². The number of carboxylic acids is 1. The van der Waals surface area contributed by atoms with Gasteiger partial charge in [-0.2, -0.15) is 0 Å². The van der Waals surface area contributed by atoms with Gasteiger partial charge < -0.3 is 55.1 Å². The SMILES string of the molecule is CC[C@@H](C)[C@@H](C(CC(=O)N1CCC[C@H]1[C@H](OC)[C@@H](C)C(=O)N[C@@H](Cc1ccccc1)C(=O)O)OC)N(C)C(=O)[C@@H](NC(=O)[C@H](C(C)C)N(C)C(=O)CCOCCOCCN)C(C)C. The first-order valence-electron chi connectivity index (χ1n) is 22.5. The van der Waals surface area contributed by atoms with Crippen LogP contribution >= 0.6 is 0 Å². The zero-order valence-corrected chi connectivity index (χ0v) is 39.7. The van der Waals surface area contributed by atoms with Crippen molar-refractivity contribution in [1.82, 2.24) is 25.3 Å². The molecule has 2 rings (SSSR count). The molecular formula is C46H78N6O11. The maximum absolute atomic E-state index is 14.5. The van der Waals surface area contributed by atoms with E-state index in [0.29, 0.717) is 52.2 Å². The van der Waals surface area contributed by atoms with Gasteiger partial charge in [0.2, 0.25) is 29.5 Å². The van der Waals surface area contributed by atoms with Crippen LogP contribution in [0.15, 0.2) is 30.3 Å². The summed E-state index contributed by atoms with van der Waals surface area (Å²) in [6, 6.07) is 5.06. The van der Waals surface area contributed by atoms with Gasteiger partial charge in [-0.25, -0.2) is 4.79 Å². The van der Waals surface area contributed by atoms with Crippen LogP contribution in [-0.4, -0.2) is 166 Å². The molecule has 0 saturated carbocycles. The van der Waals surface area contributed by atoms with Crippen molar-refractivity contribution in [3.8, 4) is 0 Å². The lowest BCUT2D eigenvalue weighted by atomic mass is 9.89. The Kier molecular flexibility index (Phi) is 24.3. The number of benzene rings is 1. The number of nitrogens with zero attached hydrogens (tertiary/aromatic N) is 3. The summed E-state index contributed by atoms with van der Waals surface area (Å²) in [7, 11) is 6.23. The van der Waals surface area contributed by atoms with E-state index in [1.165, 1.54) is 19.1 Å². The number of ether oxygens (including phenoxy) is 4. The van der Waals surface area contributed by atoms with Crippen molar-refractivity contribution >= 4 is 35.5 Å². The minimum atomic E-state index is -1.16. The minimum absolute atomic E-state index is 0.0634. The summed E-state index contributed by atoms with van der Waals surface area (Å²) in [4.78, 5) is 86.4. The van der Waals surface area contributed by atoms with Crippen molar-refractivity contribution in [2.75, 3.05) is 67.8 Å². The van der Waals surface area contributed by atoms with Gasteiger partial charge in [-0.05, 0) is 36.2 Å². The summed E-state index contributed by atoms with van der Waals surface area (Å²) < 4.78 is 22.7. The summed E-state index contributed by atoms with van der Waals surface area (Å²) in [5.74, 6) is -4.48. The van der Waals surface area contributed by atoms with Gasteiger partial charge in [0.15, 0.2) is 0 Å². The molecule has 17 heteroatoms. The van der Waals surface area contributed by atoms with Crippen LogP contribution < -0.4 is 16.4 Å². The first-order valence-corrected chi connectivity index (χ1v) is 22.5. The predicted octanol–water partition coefficient (Wildman–Crippen LogP) is 2.72. The smallest absolute Gasteiger partial charge is 0.326 e. The normalized spacial score (nSPS) is 17.9. The third-order valence-corrected chi connectivity index (χ3v) is 12.2. The second-order valence-electron chi connectivity index (χ2n) is 17.4. The largest absolute Gasteiger partial charge is 0.480 e. The molecule has 0 aromatic heterocycles. The van der Waals surface area contributed by atoms with E-state index in [9.17, 15) is 33.9 Å². The molecule has 5 amide bonds. The second kappa shape index (κ2) is 27.9. The number of carbonyl (C=O) groups excluding carboxylic acids is 5. The molecule has 63 heavy (non-hydrogen) atoms. The Bertz CT molecular complexity index is 1580. The standard InChI is InChI=1S/C46H78N6O11/c1-12-31(6)41(51(9)45(57)39(29(2)3)49-44(56)40(30(4)5)50(8)37(53)20-23-62-25-26-63-24-21-47)36(60-10)28-38(54)52-22-16-19-35(52)42(61-11)32(7)43(55)48-34(46(58)59)27-33-17-14-13-15-18-33/h13-15,17-18,29-32,34-36,39-42H,12,16,19-28,47H2,1-11H3,(H,48,55)(H,49,56)(H,58,59)/t31-,32-,34+,35+,36?,39+,40+,41+,42-/m1/s1. The maximum Gasteiger partial charge on any atom is 0.326 e. The quantitative estimate of drug-likeness (QED) is 0.0854. The fraction of sp³-hybridized carbons (Fsp3) is 0.739. The van der Waals surface area contributed by atoms with E-state index in [4.69, 9.17) is 24.7 Å². The Labute approximate surface area is 375 Å². The number of hydrogen-bond acceptors (Lipinski definition) is 11. The molecule has 358 valence electrons. The fourth-order valence-electron chi connectivity index (χ4n) is 8.45. The number of amides is 5. The number of rotatable bonds is 29. The van der Waals surface area contributed by atoms with Gasteiger partial charge in [-0.1, -0.05) is 85.2 Å². The number of aliphatic carboxylic acids is 1. The van der Waals surface area contributed by atoms with Crippen LogP contribution in [0.1, 0.15) is 86.1 Å². The number of likely N-dealkylation sites (tertiary alicyclic amines) is 1. The first kappa shape index (κ1) is 55.0. The van der Waals surface area contributed by atoms with Crippen molar-refractivity contribution in [3.05, 3.63) is 35.9 Å². The number of likely N-dealkylation sites (N-methyl/N-ethyl adjacent to an activating group) is 2. The Morgan fingerprint density at radius 1 is 0.857 bits per heavy atom. The molecule has 1 aliphatic heterocycles. The highest BCUT2D eigenvalue weighted by atomic mass is 16.5.